The lowest BCUT2D eigenvalue weighted by Crippen LogP contribution is -2.54. The minimum atomic E-state index is -0.798. The van der Waals surface area contributed by atoms with Crippen LogP contribution in [0, 0.1) is 11.3 Å². The monoisotopic (exact) mass is 282 g/mol. The number of amides is 2. The summed E-state index contributed by atoms with van der Waals surface area (Å²) in [5, 5.41) is 9.35. The Balaban J connectivity index is 2.04. The summed E-state index contributed by atoms with van der Waals surface area (Å²) in [5.74, 6) is -0.148. The predicted octanol–water partition coefficient (Wildman–Crippen LogP) is 2.41. The highest BCUT2D eigenvalue weighted by Gasteiger charge is 2.41. The first-order chi connectivity index (χ1) is 9.33. The number of likely N-dealkylation sites (tertiary alicyclic amines) is 1. The van der Waals surface area contributed by atoms with Gasteiger partial charge in [-0.25, -0.2) is 4.79 Å². The van der Waals surface area contributed by atoms with Crippen molar-refractivity contribution in [2.75, 3.05) is 19.6 Å². The molecule has 2 aliphatic rings. The summed E-state index contributed by atoms with van der Waals surface area (Å²) >= 11 is 0. The van der Waals surface area contributed by atoms with E-state index in [-0.39, 0.29) is 12.1 Å². The number of carboxylic acid groups (broad SMARTS) is 1. The van der Waals surface area contributed by atoms with Gasteiger partial charge in [0.1, 0.15) is 0 Å². The van der Waals surface area contributed by atoms with Gasteiger partial charge in [0.05, 0.1) is 5.41 Å². The van der Waals surface area contributed by atoms with E-state index in [0.29, 0.717) is 25.4 Å². The summed E-state index contributed by atoms with van der Waals surface area (Å²) in [4.78, 5) is 27.7. The molecular formula is C15H26N2O3. The first kappa shape index (κ1) is 15.1. The van der Waals surface area contributed by atoms with Gasteiger partial charge >= 0.3 is 12.0 Å². The molecule has 114 valence electrons. The molecule has 0 aromatic carbocycles. The zero-order valence-electron chi connectivity index (χ0n) is 12.8. The number of piperidine rings is 1. The quantitative estimate of drug-likeness (QED) is 0.861. The molecule has 0 aromatic rings. The Kier molecular flexibility index (Phi) is 4.25. The Bertz CT molecular complexity index is 393. The Morgan fingerprint density at radius 2 is 2.05 bits per heavy atom. The number of hydrogen-bond acceptors (Lipinski definition) is 2. The van der Waals surface area contributed by atoms with Gasteiger partial charge in [0, 0.05) is 25.7 Å². The average Bonchev–Trinajstić information content (AvgIpc) is 3.18. The molecule has 1 unspecified atom stereocenters. The summed E-state index contributed by atoms with van der Waals surface area (Å²) in [5.41, 5.74) is -0.795. The molecule has 1 aliphatic heterocycles. The zero-order chi connectivity index (χ0) is 14.9. The molecule has 1 N–H and O–H groups in total. The molecule has 1 saturated carbocycles. The molecule has 0 spiro atoms. The average molecular weight is 282 g/mol. The number of carbonyl (C=O) groups is 2. The smallest absolute Gasteiger partial charge is 0.320 e. The molecule has 0 aromatic heterocycles. The van der Waals surface area contributed by atoms with Gasteiger partial charge in [-0.1, -0.05) is 0 Å². The van der Waals surface area contributed by atoms with Crippen molar-refractivity contribution < 1.29 is 14.7 Å². The summed E-state index contributed by atoms with van der Waals surface area (Å²) in [6.07, 6.45) is 3.84. The SMILES string of the molecule is CC(C)N(CC1CC1)C(=O)N1CCCC(C)(C(=O)O)C1. The molecular weight excluding hydrogens is 256 g/mol. The van der Waals surface area contributed by atoms with E-state index in [1.165, 1.54) is 12.8 Å². The molecule has 5 nitrogen and oxygen atoms in total. The topological polar surface area (TPSA) is 60.9 Å². The zero-order valence-corrected chi connectivity index (χ0v) is 12.8. The van der Waals surface area contributed by atoms with Gasteiger partial charge < -0.3 is 14.9 Å². The standard InChI is InChI=1S/C15H26N2O3/c1-11(2)17(9-12-5-6-12)14(20)16-8-4-7-15(3,10-16)13(18)19/h11-12H,4-10H2,1-3H3,(H,18,19). The van der Waals surface area contributed by atoms with Crippen molar-refractivity contribution in [1.29, 1.82) is 0 Å². The lowest BCUT2D eigenvalue weighted by molar-refractivity contribution is -0.150. The second kappa shape index (κ2) is 5.62. The Hall–Kier alpha value is -1.26. The lowest BCUT2D eigenvalue weighted by atomic mass is 9.82. The van der Waals surface area contributed by atoms with Crippen molar-refractivity contribution in [3.8, 4) is 0 Å². The van der Waals surface area contributed by atoms with Crippen LogP contribution in [0.25, 0.3) is 0 Å². The minimum absolute atomic E-state index is 0.0130. The number of nitrogens with zero attached hydrogens (tertiary/aromatic N) is 2. The largest absolute Gasteiger partial charge is 0.481 e. The third kappa shape index (κ3) is 3.25. The summed E-state index contributed by atoms with van der Waals surface area (Å²) in [6, 6.07) is 0.181. The van der Waals surface area contributed by atoms with Gasteiger partial charge in [-0.2, -0.15) is 0 Å². The fourth-order valence-electron chi connectivity index (χ4n) is 2.85. The van der Waals surface area contributed by atoms with Crippen LogP contribution in [0.3, 0.4) is 0 Å². The van der Waals surface area contributed by atoms with Gasteiger partial charge in [-0.3, -0.25) is 4.79 Å². The number of carboxylic acids is 1. The fraction of sp³-hybridized carbons (Fsp3) is 0.867. The van der Waals surface area contributed by atoms with Crippen molar-refractivity contribution in [3.63, 3.8) is 0 Å². The van der Waals surface area contributed by atoms with Crippen LogP contribution in [-0.2, 0) is 4.79 Å². The van der Waals surface area contributed by atoms with Crippen LogP contribution >= 0.6 is 0 Å². The van der Waals surface area contributed by atoms with E-state index in [1.54, 1.807) is 11.8 Å². The first-order valence-electron chi connectivity index (χ1n) is 7.62. The van der Waals surface area contributed by atoms with Gasteiger partial charge in [0.15, 0.2) is 0 Å². The second-order valence-electron chi connectivity index (χ2n) is 6.86. The molecule has 5 heteroatoms. The van der Waals surface area contributed by atoms with E-state index in [0.717, 1.165) is 13.0 Å². The maximum atomic E-state index is 12.7. The highest BCUT2D eigenvalue weighted by Crippen LogP contribution is 2.33. The Morgan fingerprint density at radius 3 is 2.55 bits per heavy atom. The molecule has 1 saturated heterocycles. The molecule has 0 bridgehead atoms. The van der Waals surface area contributed by atoms with E-state index in [4.69, 9.17) is 0 Å². The van der Waals surface area contributed by atoms with Crippen LogP contribution in [0.4, 0.5) is 4.79 Å². The van der Waals surface area contributed by atoms with E-state index in [2.05, 4.69) is 0 Å². The summed E-state index contributed by atoms with van der Waals surface area (Å²) in [7, 11) is 0. The molecule has 20 heavy (non-hydrogen) atoms. The number of aliphatic carboxylic acids is 1. The number of hydrogen-bond donors (Lipinski definition) is 1. The molecule has 1 atom stereocenters. The molecule has 1 aliphatic carbocycles. The molecule has 2 amide bonds. The van der Waals surface area contributed by atoms with Crippen molar-refractivity contribution in [2.45, 2.75) is 52.5 Å². The normalized spacial score (nSPS) is 26.7. The van der Waals surface area contributed by atoms with E-state index in [9.17, 15) is 14.7 Å². The van der Waals surface area contributed by atoms with Crippen molar-refractivity contribution in [1.82, 2.24) is 9.80 Å². The highest BCUT2D eigenvalue weighted by atomic mass is 16.4. The van der Waals surface area contributed by atoms with Crippen molar-refractivity contribution in [3.05, 3.63) is 0 Å². The van der Waals surface area contributed by atoms with Crippen molar-refractivity contribution in [2.24, 2.45) is 11.3 Å². The van der Waals surface area contributed by atoms with E-state index < -0.39 is 11.4 Å². The highest BCUT2D eigenvalue weighted by molar-refractivity contribution is 5.78. The number of carbonyl (C=O) groups excluding carboxylic acids is 1. The lowest BCUT2D eigenvalue weighted by Gasteiger charge is -2.41. The Labute approximate surface area is 120 Å². The molecule has 1 heterocycles. The molecule has 0 radical (unpaired) electrons. The maximum Gasteiger partial charge on any atom is 0.320 e. The summed E-state index contributed by atoms with van der Waals surface area (Å²) in [6.45, 7) is 7.62. The summed E-state index contributed by atoms with van der Waals surface area (Å²) < 4.78 is 0. The van der Waals surface area contributed by atoms with Crippen LogP contribution in [0.15, 0.2) is 0 Å². The minimum Gasteiger partial charge on any atom is -0.481 e. The first-order valence-corrected chi connectivity index (χ1v) is 7.62. The second-order valence-corrected chi connectivity index (χ2v) is 6.86. The van der Waals surface area contributed by atoms with E-state index in [1.807, 2.05) is 18.7 Å². The predicted molar refractivity (Wildman–Crippen MR) is 76.5 cm³/mol. The Morgan fingerprint density at radius 1 is 1.40 bits per heavy atom. The van der Waals surface area contributed by atoms with Crippen LogP contribution in [0.2, 0.25) is 0 Å². The third-order valence-electron chi connectivity index (χ3n) is 4.50. The molecule has 2 rings (SSSR count). The van der Waals surface area contributed by atoms with Crippen LogP contribution in [0.5, 0.6) is 0 Å². The third-order valence-corrected chi connectivity index (χ3v) is 4.50. The van der Waals surface area contributed by atoms with Gasteiger partial charge in [-0.15, -0.1) is 0 Å². The number of rotatable bonds is 4. The van der Waals surface area contributed by atoms with Crippen LogP contribution < -0.4 is 0 Å². The van der Waals surface area contributed by atoms with Crippen LogP contribution in [-0.4, -0.2) is 52.6 Å². The fourth-order valence-corrected chi connectivity index (χ4v) is 2.85. The number of urea groups is 1. The van der Waals surface area contributed by atoms with Gasteiger partial charge in [0.2, 0.25) is 0 Å². The van der Waals surface area contributed by atoms with E-state index >= 15 is 0 Å². The van der Waals surface area contributed by atoms with Crippen molar-refractivity contribution >= 4 is 12.0 Å². The van der Waals surface area contributed by atoms with Crippen LogP contribution in [0.1, 0.15) is 46.5 Å². The van der Waals surface area contributed by atoms with Gasteiger partial charge in [-0.05, 0) is 52.4 Å². The van der Waals surface area contributed by atoms with Gasteiger partial charge in [0.25, 0.3) is 0 Å². The maximum absolute atomic E-state index is 12.7. The molecule has 2 fully saturated rings.